The van der Waals surface area contributed by atoms with Crippen LogP contribution in [0, 0.1) is 6.92 Å². The smallest absolute Gasteiger partial charge is 0.335 e. The highest BCUT2D eigenvalue weighted by molar-refractivity contribution is 7.89. The zero-order valence-corrected chi connectivity index (χ0v) is 17.5. The Kier molecular flexibility index (Phi) is 5.05. The lowest BCUT2D eigenvalue weighted by Gasteiger charge is -2.14. The van der Waals surface area contributed by atoms with Crippen LogP contribution in [0.15, 0.2) is 27.9 Å². The number of aryl methyl sites for hydroxylation is 1. The number of ether oxygens (including phenoxy) is 1. The molecule has 1 fully saturated rings. The molecule has 12 heteroatoms. The molecular formula is C17H20FN5O4S2. The van der Waals surface area contributed by atoms with Crippen LogP contribution in [0.4, 0.5) is 4.39 Å². The second-order valence-electron chi connectivity index (χ2n) is 7.06. The van der Waals surface area contributed by atoms with Crippen molar-refractivity contribution in [1.82, 2.24) is 23.2 Å². The summed E-state index contributed by atoms with van der Waals surface area (Å²) in [6.07, 6.45) is 0.931. The van der Waals surface area contributed by atoms with E-state index in [1.54, 1.807) is 13.0 Å². The zero-order valence-electron chi connectivity index (χ0n) is 15.9. The van der Waals surface area contributed by atoms with Crippen LogP contribution in [0.25, 0.3) is 16.2 Å². The summed E-state index contributed by atoms with van der Waals surface area (Å²) < 4.78 is 53.3. The SMILES string of the molecule is COCCn1c(=O)n(-c2nc(C)ns2)c2cc(S(=O)(=O)NC3(CF)CC3)ccc21. The maximum absolute atomic E-state index is 13.2. The molecule has 0 aliphatic heterocycles. The number of halogens is 1. The van der Waals surface area contributed by atoms with Gasteiger partial charge < -0.3 is 4.74 Å². The number of rotatable bonds is 8. The molecule has 0 saturated heterocycles. The Labute approximate surface area is 170 Å². The monoisotopic (exact) mass is 441 g/mol. The highest BCUT2D eigenvalue weighted by Gasteiger charge is 2.46. The van der Waals surface area contributed by atoms with Crippen LogP contribution < -0.4 is 10.4 Å². The Hall–Kier alpha value is -2.15. The van der Waals surface area contributed by atoms with Gasteiger partial charge in [-0.1, -0.05) is 0 Å². The molecule has 4 rings (SSSR count). The van der Waals surface area contributed by atoms with Crippen LogP contribution in [0.1, 0.15) is 18.7 Å². The Morgan fingerprint density at radius 3 is 2.69 bits per heavy atom. The van der Waals surface area contributed by atoms with E-state index in [0.717, 1.165) is 11.5 Å². The first kappa shape index (κ1) is 20.1. The minimum Gasteiger partial charge on any atom is -0.383 e. The number of fused-ring (bicyclic) bond motifs is 1. The predicted octanol–water partition coefficient (Wildman–Crippen LogP) is 1.38. The third kappa shape index (κ3) is 3.61. The van der Waals surface area contributed by atoms with Crippen LogP contribution in [0.5, 0.6) is 0 Å². The normalized spacial score (nSPS) is 15.8. The van der Waals surface area contributed by atoms with Gasteiger partial charge in [-0.3, -0.25) is 4.57 Å². The molecule has 0 radical (unpaired) electrons. The summed E-state index contributed by atoms with van der Waals surface area (Å²) in [5, 5.41) is 0.346. The number of nitrogens with zero attached hydrogens (tertiary/aromatic N) is 4. The van der Waals surface area contributed by atoms with E-state index >= 15 is 0 Å². The van der Waals surface area contributed by atoms with E-state index in [2.05, 4.69) is 14.1 Å². The summed E-state index contributed by atoms with van der Waals surface area (Å²) in [7, 11) is -2.41. The van der Waals surface area contributed by atoms with E-state index in [4.69, 9.17) is 4.74 Å². The van der Waals surface area contributed by atoms with Gasteiger partial charge in [0.2, 0.25) is 15.2 Å². The number of sulfonamides is 1. The molecule has 0 bridgehead atoms. The van der Waals surface area contributed by atoms with Crippen molar-refractivity contribution < 1.29 is 17.5 Å². The van der Waals surface area contributed by atoms with Gasteiger partial charge in [0.15, 0.2) is 0 Å². The van der Waals surface area contributed by atoms with Gasteiger partial charge in [0, 0.05) is 18.6 Å². The van der Waals surface area contributed by atoms with Gasteiger partial charge in [-0.25, -0.2) is 31.9 Å². The summed E-state index contributed by atoms with van der Waals surface area (Å²) in [6, 6.07) is 4.39. The molecule has 29 heavy (non-hydrogen) atoms. The zero-order chi connectivity index (χ0) is 20.8. The molecule has 2 aromatic heterocycles. The van der Waals surface area contributed by atoms with Crippen molar-refractivity contribution in [2.75, 3.05) is 20.4 Å². The first-order chi connectivity index (χ1) is 13.8. The van der Waals surface area contributed by atoms with Crippen LogP contribution in [-0.4, -0.2) is 52.8 Å². The highest BCUT2D eigenvalue weighted by Crippen LogP contribution is 2.37. The lowest BCUT2D eigenvalue weighted by atomic mass is 10.3. The van der Waals surface area contributed by atoms with Crippen LogP contribution >= 0.6 is 11.5 Å². The number of hydrogen-bond acceptors (Lipinski definition) is 7. The van der Waals surface area contributed by atoms with Gasteiger partial charge in [-0.2, -0.15) is 4.37 Å². The molecule has 2 heterocycles. The molecule has 0 amide bonds. The lowest BCUT2D eigenvalue weighted by Crippen LogP contribution is -2.38. The van der Waals surface area contributed by atoms with Crippen molar-refractivity contribution >= 4 is 32.6 Å². The van der Waals surface area contributed by atoms with Gasteiger partial charge >= 0.3 is 5.69 Å². The minimum atomic E-state index is -3.95. The Morgan fingerprint density at radius 1 is 1.34 bits per heavy atom. The molecule has 3 aromatic rings. The number of alkyl halides is 1. The largest absolute Gasteiger partial charge is 0.383 e. The number of aromatic nitrogens is 4. The molecule has 1 aliphatic rings. The van der Waals surface area contributed by atoms with E-state index < -0.39 is 22.2 Å². The Morgan fingerprint density at radius 2 is 2.10 bits per heavy atom. The van der Waals surface area contributed by atoms with E-state index in [1.807, 2.05) is 0 Å². The van der Waals surface area contributed by atoms with E-state index in [1.165, 1.54) is 28.4 Å². The average Bonchev–Trinajstić information content (AvgIpc) is 3.23. The standard InChI is InChI=1S/C17H20FN5O4S2/c1-11-19-15(28-20-11)23-14-9-12(29(25,26)21-17(10-18)5-6-17)3-4-13(14)22(16(23)24)7-8-27-2/h3-4,9,21H,5-8,10H2,1-2H3. The third-order valence-corrected chi connectivity index (χ3v) is 7.27. The topological polar surface area (TPSA) is 108 Å². The van der Waals surface area contributed by atoms with Crippen molar-refractivity contribution in [3.63, 3.8) is 0 Å². The predicted molar refractivity (Wildman–Crippen MR) is 106 cm³/mol. The van der Waals surface area contributed by atoms with E-state index in [9.17, 15) is 17.6 Å². The van der Waals surface area contributed by atoms with Crippen molar-refractivity contribution in [2.45, 2.75) is 36.7 Å². The summed E-state index contributed by atoms with van der Waals surface area (Å²) >= 11 is 1.05. The molecule has 0 atom stereocenters. The lowest BCUT2D eigenvalue weighted by molar-refractivity contribution is 0.187. The second kappa shape index (κ2) is 7.27. The molecule has 0 unspecified atom stereocenters. The molecule has 156 valence electrons. The van der Waals surface area contributed by atoms with Crippen molar-refractivity contribution in [3.05, 3.63) is 34.5 Å². The van der Waals surface area contributed by atoms with Crippen LogP contribution in [-0.2, 0) is 21.3 Å². The maximum Gasteiger partial charge on any atom is 0.335 e. The highest BCUT2D eigenvalue weighted by atomic mass is 32.2. The molecule has 1 aliphatic carbocycles. The summed E-state index contributed by atoms with van der Waals surface area (Å²) in [5.41, 5.74) is -0.437. The van der Waals surface area contributed by atoms with Crippen LogP contribution in [0.2, 0.25) is 0 Å². The number of imidazole rings is 1. The molecule has 1 saturated carbocycles. The summed E-state index contributed by atoms with van der Waals surface area (Å²) in [5.74, 6) is 0.513. The quantitative estimate of drug-likeness (QED) is 0.566. The number of hydrogen-bond donors (Lipinski definition) is 1. The van der Waals surface area contributed by atoms with Crippen molar-refractivity contribution in [2.24, 2.45) is 0 Å². The molecule has 0 spiro atoms. The molecule has 1 N–H and O–H groups in total. The minimum absolute atomic E-state index is 0.0383. The number of methoxy groups -OCH3 is 1. The number of nitrogens with one attached hydrogen (secondary N) is 1. The Bertz CT molecular complexity index is 1230. The fourth-order valence-electron chi connectivity index (χ4n) is 3.12. The Balaban J connectivity index is 1.88. The van der Waals surface area contributed by atoms with Gasteiger partial charge in [0.25, 0.3) is 0 Å². The fraction of sp³-hybridized carbons (Fsp3) is 0.471. The van der Waals surface area contributed by atoms with E-state index in [0.29, 0.717) is 48.0 Å². The van der Waals surface area contributed by atoms with Crippen molar-refractivity contribution in [3.8, 4) is 5.13 Å². The first-order valence-electron chi connectivity index (χ1n) is 8.95. The van der Waals surface area contributed by atoms with Gasteiger partial charge in [-0.05, 0) is 38.0 Å². The van der Waals surface area contributed by atoms with Crippen LogP contribution in [0.3, 0.4) is 0 Å². The molecular weight excluding hydrogens is 421 g/mol. The summed E-state index contributed by atoms with van der Waals surface area (Å²) in [4.78, 5) is 17.3. The molecule has 1 aromatic carbocycles. The second-order valence-corrected chi connectivity index (χ2v) is 9.47. The fourth-order valence-corrected chi connectivity index (χ4v) is 5.27. The first-order valence-corrected chi connectivity index (χ1v) is 11.2. The average molecular weight is 442 g/mol. The number of benzene rings is 1. The van der Waals surface area contributed by atoms with Gasteiger partial charge in [0.1, 0.15) is 12.5 Å². The maximum atomic E-state index is 13.2. The third-order valence-electron chi connectivity index (χ3n) is 4.90. The van der Waals surface area contributed by atoms with Gasteiger partial charge in [0.05, 0.1) is 34.6 Å². The summed E-state index contributed by atoms with van der Waals surface area (Å²) in [6.45, 7) is 1.57. The van der Waals surface area contributed by atoms with Gasteiger partial charge in [-0.15, -0.1) is 0 Å². The van der Waals surface area contributed by atoms with Crippen molar-refractivity contribution in [1.29, 1.82) is 0 Å². The molecule has 9 nitrogen and oxygen atoms in total. The van der Waals surface area contributed by atoms with E-state index in [-0.39, 0.29) is 10.6 Å².